The number of amides is 2. The molecule has 3 heterocycles. The van der Waals surface area contributed by atoms with Crippen LogP contribution in [-0.4, -0.2) is 43.0 Å². The molecule has 0 unspecified atom stereocenters. The number of anilines is 1. The normalized spacial score (nSPS) is 18.3. The van der Waals surface area contributed by atoms with Gasteiger partial charge >= 0.3 is 6.03 Å². The quantitative estimate of drug-likeness (QED) is 0.449. The number of aromatic nitrogens is 4. The number of carbonyl (C=O) groups excluding carboxylic acids is 1. The summed E-state index contributed by atoms with van der Waals surface area (Å²) < 4.78 is 0. The zero-order valence-corrected chi connectivity index (χ0v) is 20.3. The van der Waals surface area contributed by atoms with Gasteiger partial charge < -0.3 is 10.3 Å². The highest BCUT2D eigenvalue weighted by Gasteiger charge is 2.28. The molecular weight excluding hydrogens is 426 g/mol. The van der Waals surface area contributed by atoms with Gasteiger partial charge in [0.25, 0.3) is 0 Å². The molecule has 180 valence electrons. The van der Waals surface area contributed by atoms with Crippen molar-refractivity contribution in [2.45, 2.75) is 77.5 Å². The molecule has 1 fully saturated rings. The van der Waals surface area contributed by atoms with Gasteiger partial charge in [0.2, 0.25) is 5.95 Å². The van der Waals surface area contributed by atoms with Crippen LogP contribution in [-0.2, 0) is 13.1 Å². The van der Waals surface area contributed by atoms with Gasteiger partial charge in [-0.1, -0.05) is 26.0 Å². The van der Waals surface area contributed by atoms with Crippen molar-refractivity contribution in [3.63, 3.8) is 0 Å². The maximum absolute atomic E-state index is 12.3. The van der Waals surface area contributed by atoms with Crippen LogP contribution in [0.5, 0.6) is 0 Å². The highest BCUT2D eigenvalue weighted by Crippen LogP contribution is 2.28. The largest absolute Gasteiger partial charge is 0.335 e. The Balaban J connectivity index is 1.43. The van der Waals surface area contributed by atoms with Gasteiger partial charge in [-0.2, -0.15) is 0 Å². The van der Waals surface area contributed by atoms with Crippen LogP contribution in [0.3, 0.4) is 0 Å². The van der Waals surface area contributed by atoms with Gasteiger partial charge in [0.15, 0.2) is 0 Å². The summed E-state index contributed by atoms with van der Waals surface area (Å²) >= 11 is 0. The molecule has 1 aliphatic carbocycles. The number of imidazole rings is 1. The van der Waals surface area contributed by atoms with Crippen molar-refractivity contribution in [1.82, 2.24) is 30.2 Å². The minimum atomic E-state index is -0.213. The van der Waals surface area contributed by atoms with E-state index in [0.29, 0.717) is 17.9 Å². The van der Waals surface area contributed by atoms with Crippen molar-refractivity contribution in [3.05, 3.63) is 71.6 Å². The molecule has 0 aliphatic heterocycles. The average Bonchev–Trinajstić information content (AvgIpc) is 3.33. The third kappa shape index (κ3) is 6.20. The van der Waals surface area contributed by atoms with E-state index in [1.165, 1.54) is 11.1 Å². The lowest BCUT2D eigenvalue weighted by atomic mass is 9.89. The third-order valence-electron chi connectivity index (χ3n) is 6.65. The Labute approximate surface area is 201 Å². The predicted octanol–water partition coefficient (Wildman–Crippen LogP) is 4.77. The van der Waals surface area contributed by atoms with E-state index < -0.39 is 0 Å². The number of nitrogens with zero attached hydrogens (tertiary/aromatic N) is 4. The lowest BCUT2D eigenvalue weighted by molar-refractivity contribution is 0.126. The number of aryl methyl sites for hydroxylation is 1. The zero-order valence-electron chi connectivity index (χ0n) is 20.3. The van der Waals surface area contributed by atoms with Gasteiger partial charge in [0.05, 0.1) is 11.4 Å². The standard InChI is InChI=1S/C26H35N7O/c1-18(2)22-7-5-13-28-24(22)17-33(16-23-19(3)6-4-12-27-23)21-10-8-20(9-11-21)31-26(34)32-25-29-14-15-30-25/h4-7,12-15,18,20-21H,8-11,16-17H2,1-3H3,(H3,29,30,31,32,34)/t20-,21-. The lowest BCUT2D eigenvalue weighted by Crippen LogP contribution is -2.45. The highest BCUT2D eigenvalue weighted by atomic mass is 16.2. The van der Waals surface area contributed by atoms with Crippen LogP contribution in [0.25, 0.3) is 0 Å². The van der Waals surface area contributed by atoms with Gasteiger partial charge in [-0.25, -0.2) is 9.78 Å². The second-order valence-electron chi connectivity index (χ2n) is 9.41. The minimum Gasteiger partial charge on any atom is -0.335 e. The predicted molar refractivity (Wildman–Crippen MR) is 133 cm³/mol. The van der Waals surface area contributed by atoms with E-state index in [9.17, 15) is 4.79 Å². The maximum atomic E-state index is 12.3. The molecule has 0 aromatic carbocycles. The molecule has 8 nitrogen and oxygen atoms in total. The summed E-state index contributed by atoms with van der Waals surface area (Å²) in [5.41, 5.74) is 4.77. The van der Waals surface area contributed by atoms with Crippen molar-refractivity contribution in [3.8, 4) is 0 Å². The van der Waals surface area contributed by atoms with Crippen molar-refractivity contribution < 1.29 is 4.79 Å². The third-order valence-corrected chi connectivity index (χ3v) is 6.65. The summed E-state index contributed by atoms with van der Waals surface area (Å²) in [6.07, 6.45) is 11.0. The highest BCUT2D eigenvalue weighted by molar-refractivity contribution is 5.87. The fourth-order valence-corrected chi connectivity index (χ4v) is 4.74. The van der Waals surface area contributed by atoms with E-state index in [4.69, 9.17) is 4.98 Å². The Morgan fingerprint density at radius 1 is 1.03 bits per heavy atom. The SMILES string of the molecule is Cc1cccnc1CN(Cc1ncccc1C(C)C)[C@H]1CC[C@H](NC(=O)Nc2ncc[nH]2)CC1. The van der Waals surface area contributed by atoms with Gasteiger partial charge in [-0.05, 0) is 61.8 Å². The van der Waals surface area contributed by atoms with Crippen LogP contribution in [0, 0.1) is 6.92 Å². The molecule has 3 aromatic rings. The molecule has 0 bridgehead atoms. The first-order valence-electron chi connectivity index (χ1n) is 12.1. The Morgan fingerprint density at radius 3 is 2.41 bits per heavy atom. The molecule has 4 rings (SSSR count). The first-order valence-corrected chi connectivity index (χ1v) is 12.1. The number of pyridine rings is 2. The molecule has 1 saturated carbocycles. The molecule has 3 aromatic heterocycles. The minimum absolute atomic E-state index is 0.158. The van der Waals surface area contributed by atoms with E-state index in [1.54, 1.807) is 12.4 Å². The van der Waals surface area contributed by atoms with Crippen LogP contribution in [0.1, 0.15) is 68.0 Å². The summed E-state index contributed by atoms with van der Waals surface area (Å²) in [6, 6.07) is 8.68. The molecule has 34 heavy (non-hydrogen) atoms. The molecule has 2 amide bonds. The maximum Gasteiger partial charge on any atom is 0.321 e. The summed E-state index contributed by atoms with van der Waals surface area (Å²) in [5, 5.41) is 5.84. The summed E-state index contributed by atoms with van der Waals surface area (Å²) in [4.78, 5) is 31.2. The number of hydrogen-bond donors (Lipinski definition) is 3. The van der Waals surface area contributed by atoms with Crippen molar-refractivity contribution >= 4 is 12.0 Å². The molecule has 0 spiro atoms. The monoisotopic (exact) mass is 461 g/mol. The first-order chi connectivity index (χ1) is 16.5. The van der Waals surface area contributed by atoms with E-state index >= 15 is 0 Å². The van der Waals surface area contributed by atoms with Crippen LogP contribution in [0.15, 0.2) is 49.1 Å². The van der Waals surface area contributed by atoms with Crippen LogP contribution >= 0.6 is 0 Å². The number of carbonyl (C=O) groups is 1. The van der Waals surface area contributed by atoms with Crippen molar-refractivity contribution in [2.24, 2.45) is 0 Å². The number of nitrogens with one attached hydrogen (secondary N) is 3. The van der Waals surface area contributed by atoms with Gasteiger partial charge in [0, 0.05) is 50.0 Å². The topological polar surface area (TPSA) is 98.8 Å². The summed E-state index contributed by atoms with van der Waals surface area (Å²) in [6.45, 7) is 8.16. The Bertz CT molecular complexity index is 1060. The Kier molecular flexibility index (Phi) is 7.90. The zero-order chi connectivity index (χ0) is 23.9. The van der Waals surface area contributed by atoms with E-state index in [2.05, 4.69) is 63.4 Å². The van der Waals surface area contributed by atoms with Gasteiger partial charge in [0.1, 0.15) is 0 Å². The second-order valence-corrected chi connectivity index (χ2v) is 9.41. The van der Waals surface area contributed by atoms with E-state index in [1.807, 2.05) is 24.5 Å². The smallest absolute Gasteiger partial charge is 0.321 e. The van der Waals surface area contributed by atoms with Gasteiger partial charge in [-0.3, -0.25) is 20.2 Å². The Morgan fingerprint density at radius 2 is 1.74 bits per heavy atom. The molecule has 0 radical (unpaired) electrons. The molecule has 1 aliphatic rings. The summed E-state index contributed by atoms with van der Waals surface area (Å²) in [5.74, 6) is 0.883. The molecular formula is C26H35N7O. The Hall–Kier alpha value is -3.26. The number of hydrogen-bond acceptors (Lipinski definition) is 5. The van der Waals surface area contributed by atoms with E-state index in [0.717, 1.165) is 50.2 Å². The lowest BCUT2D eigenvalue weighted by Gasteiger charge is -2.37. The number of urea groups is 1. The second kappa shape index (κ2) is 11.2. The first kappa shape index (κ1) is 23.9. The summed E-state index contributed by atoms with van der Waals surface area (Å²) in [7, 11) is 0. The molecule has 3 N–H and O–H groups in total. The van der Waals surface area contributed by atoms with Crippen molar-refractivity contribution in [2.75, 3.05) is 5.32 Å². The van der Waals surface area contributed by atoms with Crippen LogP contribution in [0.2, 0.25) is 0 Å². The molecule has 0 saturated heterocycles. The molecule has 8 heteroatoms. The van der Waals surface area contributed by atoms with Crippen LogP contribution < -0.4 is 10.6 Å². The number of H-pyrrole nitrogens is 1. The van der Waals surface area contributed by atoms with Gasteiger partial charge in [-0.15, -0.1) is 0 Å². The number of rotatable bonds is 8. The molecule has 0 atom stereocenters. The fraction of sp³-hybridized carbons (Fsp3) is 0.462. The van der Waals surface area contributed by atoms with E-state index in [-0.39, 0.29) is 12.1 Å². The number of aromatic amines is 1. The van der Waals surface area contributed by atoms with Crippen LogP contribution in [0.4, 0.5) is 10.7 Å². The average molecular weight is 462 g/mol. The fourth-order valence-electron chi connectivity index (χ4n) is 4.74. The van der Waals surface area contributed by atoms with Crippen molar-refractivity contribution in [1.29, 1.82) is 0 Å².